The van der Waals surface area contributed by atoms with Crippen LogP contribution < -0.4 is 0 Å². The van der Waals surface area contributed by atoms with Crippen molar-refractivity contribution in [3.8, 4) is 0 Å². The lowest BCUT2D eigenvalue weighted by molar-refractivity contribution is 0.0528. The van der Waals surface area contributed by atoms with Crippen LogP contribution in [0.4, 0.5) is 0 Å². The summed E-state index contributed by atoms with van der Waals surface area (Å²) in [6.07, 6.45) is 3.74. The highest BCUT2D eigenvalue weighted by Gasteiger charge is 2.14. The maximum absolute atomic E-state index is 11.8. The average Bonchev–Trinajstić information content (AvgIpc) is 2.83. The van der Waals surface area contributed by atoms with E-state index in [2.05, 4.69) is 4.98 Å². The molecular formula is C14H17ClN2O2. The van der Waals surface area contributed by atoms with Crippen LogP contribution in [0, 0.1) is 0 Å². The standard InChI is InChI=1S/C14H17ClN2O2/c1-2-19-14(18)11-6-5-7-12-13(11)16-10-17(12)9-4-3-8-15/h5-7,10H,2-4,8-9H2,1H3. The zero-order valence-electron chi connectivity index (χ0n) is 10.9. The van der Waals surface area contributed by atoms with Crippen molar-refractivity contribution in [2.45, 2.75) is 26.3 Å². The fourth-order valence-corrected chi connectivity index (χ4v) is 2.21. The quantitative estimate of drug-likeness (QED) is 0.463. The van der Waals surface area contributed by atoms with Gasteiger partial charge in [0.1, 0.15) is 5.52 Å². The molecule has 102 valence electrons. The van der Waals surface area contributed by atoms with E-state index in [1.54, 1.807) is 19.3 Å². The van der Waals surface area contributed by atoms with Crippen LogP contribution in [0.15, 0.2) is 24.5 Å². The van der Waals surface area contributed by atoms with Gasteiger partial charge in [0.2, 0.25) is 0 Å². The number of rotatable bonds is 6. The molecule has 0 bridgehead atoms. The lowest BCUT2D eigenvalue weighted by Crippen LogP contribution is -2.05. The molecular weight excluding hydrogens is 264 g/mol. The normalized spacial score (nSPS) is 10.8. The molecule has 0 spiro atoms. The zero-order chi connectivity index (χ0) is 13.7. The summed E-state index contributed by atoms with van der Waals surface area (Å²) < 4.78 is 7.08. The predicted octanol–water partition coefficient (Wildman–Crippen LogP) is 3.23. The Morgan fingerprint density at radius 3 is 3.00 bits per heavy atom. The van der Waals surface area contributed by atoms with Crippen molar-refractivity contribution in [3.63, 3.8) is 0 Å². The van der Waals surface area contributed by atoms with Crippen molar-refractivity contribution in [2.75, 3.05) is 12.5 Å². The average molecular weight is 281 g/mol. The molecule has 0 radical (unpaired) electrons. The third-order valence-electron chi connectivity index (χ3n) is 2.93. The number of aromatic nitrogens is 2. The number of carbonyl (C=O) groups excluding carboxylic acids is 1. The van der Waals surface area contributed by atoms with Gasteiger partial charge in [-0.25, -0.2) is 9.78 Å². The maximum atomic E-state index is 11.8. The molecule has 0 atom stereocenters. The van der Waals surface area contributed by atoms with E-state index in [9.17, 15) is 4.79 Å². The summed E-state index contributed by atoms with van der Waals surface area (Å²) in [5, 5.41) is 0. The number of halogens is 1. The molecule has 0 saturated heterocycles. The van der Waals surface area contributed by atoms with E-state index < -0.39 is 0 Å². The third-order valence-corrected chi connectivity index (χ3v) is 3.20. The van der Waals surface area contributed by atoms with Gasteiger partial charge in [-0.15, -0.1) is 11.6 Å². The van der Waals surface area contributed by atoms with Gasteiger partial charge in [-0.2, -0.15) is 0 Å². The number of aryl methyl sites for hydroxylation is 1. The molecule has 19 heavy (non-hydrogen) atoms. The fourth-order valence-electron chi connectivity index (χ4n) is 2.02. The second-order valence-corrected chi connectivity index (χ2v) is 4.61. The van der Waals surface area contributed by atoms with Crippen LogP contribution in [0.2, 0.25) is 0 Å². The molecule has 1 aromatic heterocycles. The van der Waals surface area contributed by atoms with Crippen LogP contribution >= 0.6 is 11.6 Å². The maximum Gasteiger partial charge on any atom is 0.340 e. The van der Waals surface area contributed by atoms with Gasteiger partial charge in [0.15, 0.2) is 0 Å². The number of esters is 1. The van der Waals surface area contributed by atoms with E-state index in [0.717, 1.165) is 24.9 Å². The van der Waals surface area contributed by atoms with E-state index in [0.29, 0.717) is 23.6 Å². The number of carbonyl (C=O) groups is 1. The fraction of sp³-hybridized carbons (Fsp3) is 0.429. The molecule has 0 N–H and O–H groups in total. The van der Waals surface area contributed by atoms with Crippen molar-refractivity contribution in [2.24, 2.45) is 0 Å². The van der Waals surface area contributed by atoms with Gasteiger partial charge in [0, 0.05) is 12.4 Å². The molecule has 5 heteroatoms. The smallest absolute Gasteiger partial charge is 0.340 e. The molecule has 4 nitrogen and oxygen atoms in total. The summed E-state index contributed by atoms with van der Waals surface area (Å²) in [6, 6.07) is 5.57. The Labute approximate surface area is 117 Å². The number of benzene rings is 1. The van der Waals surface area contributed by atoms with Crippen molar-refractivity contribution >= 4 is 28.6 Å². The van der Waals surface area contributed by atoms with Crippen LogP contribution in [-0.4, -0.2) is 28.0 Å². The minimum atomic E-state index is -0.320. The highest BCUT2D eigenvalue weighted by Crippen LogP contribution is 2.19. The molecule has 0 fully saturated rings. The molecule has 1 heterocycles. The van der Waals surface area contributed by atoms with Gasteiger partial charge in [-0.05, 0) is 31.9 Å². The highest BCUT2D eigenvalue weighted by atomic mass is 35.5. The van der Waals surface area contributed by atoms with E-state index in [1.807, 2.05) is 16.7 Å². The number of ether oxygens (including phenoxy) is 1. The number of nitrogens with zero attached hydrogens (tertiary/aromatic N) is 2. The van der Waals surface area contributed by atoms with E-state index in [1.165, 1.54) is 0 Å². The van der Waals surface area contributed by atoms with Crippen molar-refractivity contribution in [1.82, 2.24) is 9.55 Å². The first-order valence-corrected chi connectivity index (χ1v) is 6.98. The van der Waals surface area contributed by atoms with Gasteiger partial charge in [0.25, 0.3) is 0 Å². The predicted molar refractivity (Wildman–Crippen MR) is 75.6 cm³/mol. The Hall–Kier alpha value is -1.55. The Morgan fingerprint density at radius 1 is 1.42 bits per heavy atom. The molecule has 0 amide bonds. The van der Waals surface area contributed by atoms with Crippen molar-refractivity contribution < 1.29 is 9.53 Å². The number of hydrogen-bond acceptors (Lipinski definition) is 3. The first kappa shape index (κ1) is 13.9. The minimum absolute atomic E-state index is 0.320. The first-order valence-electron chi connectivity index (χ1n) is 6.45. The monoisotopic (exact) mass is 280 g/mol. The summed E-state index contributed by atoms with van der Waals surface area (Å²) >= 11 is 5.68. The van der Waals surface area contributed by atoms with Crippen molar-refractivity contribution in [1.29, 1.82) is 0 Å². The lowest BCUT2D eigenvalue weighted by atomic mass is 10.2. The summed E-state index contributed by atoms with van der Waals surface area (Å²) in [7, 11) is 0. The van der Waals surface area contributed by atoms with E-state index in [4.69, 9.17) is 16.3 Å². The van der Waals surface area contributed by atoms with E-state index in [-0.39, 0.29) is 5.97 Å². The number of hydrogen-bond donors (Lipinski definition) is 0. The van der Waals surface area contributed by atoms with Crippen molar-refractivity contribution in [3.05, 3.63) is 30.1 Å². The molecule has 2 aromatic rings. The third kappa shape index (κ3) is 3.07. The van der Waals surface area contributed by atoms with Gasteiger partial charge in [0.05, 0.1) is 24.0 Å². The number of alkyl halides is 1. The second kappa shape index (κ2) is 6.57. The molecule has 0 aliphatic carbocycles. The molecule has 2 rings (SSSR count). The van der Waals surface area contributed by atoms with Crippen LogP contribution in [0.5, 0.6) is 0 Å². The Bertz CT molecular complexity index is 566. The molecule has 0 saturated carbocycles. The summed E-state index contributed by atoms with van der Waals surface area (Å²) in [5.74, 6) is 0.347. The number of imidazole rings is 1. The molecule has 0 unspecified atom stereocenters. The lowest BCUT2D eigenvalue weighted by Gasteiger charge is -2.05. The van der Waals surface area contributed by atoms with E-state index >= 15 is 0 Å². The van der Waals surface area contributed by atoms with Crippen LogP contribution in [0.25, 0.3) is 11.0 Å². The Morgan fingerprint density at radius 2 is 2.26 bits per heavy atom. The molecule has 1 aromatic carbocycles. The molecule has 0 aliphatic rings. The van der Waals surface area contributed by atoms with Gasteiger partial charge >= 0.3 is 5.97 Å². The summed E-state index contributed by atoms with van der Waals surface area (Å²) in [5.41, 5.74) is 2.18. The van der Waals surface area contributed by atoms with Crippen LogP contribution in [0.1, 0.15) is 30.1 Å². The first-order chi connectivity index (χ1) is 9.27. The minimum Gasteiger partial charge on any atom is -0.462 e. The summed E-state index contributed by atoms with van der Waals surface area (Å²) in [4.78, 5) is 16.2. The Kier molecular flexibility index (Phi) is 4.80. The topological polar surface area (TPSA) is 44.1 Å². The number of unbranched alkanes of at least 4 members (excludes halogenated alkanes) is 1. The largest absolute Gasteiger partial charge is 0.462 e. The SMILES string of the molecule is CCOC(=O)c1cccc2c1ncn2CCCCCl. The number of fused-ring (bicyclic) bond motifs is 1. The highest BCUT2D eigenvalue weighted by molar-refractivity contribution is 6.17. The molecule has 0 aliphatic heterocycles. The second-order valence-electron chi connectivity index (χ2n) is 4.23. The number of para-hydroxylation sites is 1. The van der Waals surface area contributed by atoms with Crippen LogP contribution in [-0.2, 0) is 11.3 Å². The zero-order valence-corrected chi connectivity index (χ0v) is 11.7. The van der Waals surface area contributed by atoms with Crippen LogP contribution in [0.3, 0.4) is 0 Å². The van der Waals surface area contributed by atoms with Gasteiger partial charge in [-0.3, -0.25) is 0 Å². The van der Waals surface area contributed by atoms with Gasteiger partial charge < -0.3 is 9.30 Å². The Balaban J connectivity index is 2.29. The summed E-state index contributed by atoms with van der Waals surface area (Å²) in [6.45, 7) is 3.02. The van der Waals surface area contributed by atoms with Gasteiger partial charge in [-0.1, -0.05) is 6.07 Å².